The number of aliphatic hydroxyl groups is 1. The van der Waals surface area contributed by atoms with E-state index >= 15 is 0 Å². The molecule has 2 unspecified atom stereocenters. The molecule has 0 radical (unpaired) electrons. The highest BCUT2D eigenvalue weighted by atomic mass is 16.6. The van der Waals surface area contributed by atoms with Gasteiger partial charge in [0, 0.05) is 0 Å². The van der Waals surface area contributed by atoms with Gasteiger partial charge in [-0.25, -0.2) is 9.59 Å². The Balaban J connectivity index is 4.31. The van der Waals surface area contributed by atoms with E-state index in [4.69, 9.17) is 15.3 Å². The van der Waals surface area contributed by atoms with Crippen molar-refractivity contribution in [2.75, 3.05) is 0 Å². The van der Waals surface area contributed by atoms with E-state index in [2.05, 4.69) is 4.74 Å². The van der Waals surface area contributed by atoms with Crippen molar-refractivity contribution in [1.82, 2.24) is 0 Å². The van der Waals surface area contributed by atoms with Gasteiger partial charge >= 0.3 is 17.9 Å². The van der Waals surface area contributed by atoms with Crippen molar-refractivity contribution in [2.24, 2.45) is 0 Å². The summed E-state index contributed by atoms with van der Waals surface area (Å²) in [5.41, 5.74) is 0. The van der Waals surface area contributed by atoms with E-state index in [1.807, 2.05) is 0 Å². The number of rotatable bonds is 5. The van der Waals surface area contributed by atoms with Gasteiger partial charge in [0.1, 0.15) is 6.10 Å². The van der Waals surface area contributed by atoms with Crippen LogP contribution >= 0.6 is 0 Å². The summed E-state index contributed by atoms with van der Waals surface area (Å²) in [5.74, 6) is -4.14. The van der Waals surface area contributed by atoms with Gasteiger partial charge in [0.2, 0.25) is 6.10 Å². The summed E-state index contributed by atoms with van der Waals surface area (Å²) in [4.78, 5) is 31.2. The van der Waals surface area contributed by atoms with Crippen LogP contribution in [0.1, 0.15) is 13.3 Å². The Bertz CT molecular complexity index is 244. The lowest BCUT2D eigenvalue weighted by molar-refractivity contribution is -0.172. The SMILES string of the molecule is CC(O)C(=O)OC(CC(=O)O)C(=O)O. The van der Waals surface area contributed by atoms with Gasteiger partial charge in [0.05, 0.1) is 6.42 Å². The summed E-state index contributed by atoms with van der Waals surface area (Å²) >= 11 is 0. The standard InChI is InChI=1S/C7H10O7/c1-3(8)7(13)14-4(6(11)12)2-5(9)10/h3-4,8H,2H2,1H3,(H,9,10)(H,11,12). The third kappa shape index (κ3) is 4.41. The third-order valence-corrected chi connectivity index (χ3v) is 1.23. The van der Waals surface area contributed by atoms with Crippen molar-refractivity contribution in [3.8, 4) is 0 Å². The highest BCUT2D eigenvalue weighted by Crippen LogP contribution is 2.01. The molecule has 0 aromatic carbocycles. The van der Waals surface area contributed by atoms with Crippen molar-refractivity contribution >= 4 is 17.9 Å². The molecular weight excluding hydrogens is 196 g/mol. The quantitative estimate of drug-likeness (QED) is 0.485. The molecular formula is C7H10O7. The van der Waals surface area contributed by atoms with Crippen LogP contribution < -0.4 is 0 Å². The number of carbonyl (C=O) groups excluding carboxylic acids is 1. The minimum Gasteiger partial charge on any atom is -0.481 e. The van der Waals surface area contributed by atoms with E-state index in [1.54, 1.807) is 0 Å². The average Bonchev–Trinajstić information content (AvgIpc) is 2.01. The fourth-order valence-electron chi connectivity index (χ4n) is 0.577. The number of carboxylic acid groups (broad SMARTS) is 2. The third-order valence-electron chi connectivity index (χ3n) is 1.23. The van der Waals surface area contributed by atoms with Crippen molar-refractivity contribution in [2.45, 2.75) is 25.6 Å². The Morgan fingerprint density at radius 3 is 2.07 bits per heavy atom. The molecule has 80 valence electrons. The first-order valence-electron chi connectivity index (χ1n) is 3.67. The highest BCUT2D eigenvalue weighted by molar-refractivity contribution is 5.83. The van der Waals surface area contributed by atoms with Gasteiger partial charge in [-0.1, -0.05) is 0 Å². The molecule has 0 saturated heterocycles. The Hall–Kier alpha value is -1.63. The lowest BCUT2D eigenvalue weighted by Crippen LogP contribution is -2.33. The number of aliphatic hydroxyl groups excluding tert-OH is 1. The van der Waals surface area contributed by atoms with Gasteiger partial charge in [-0.05, 0) is 6.92 Å². The van der Waals surface area contributed by atoms with Crippen LogP contribution in [-0.2, 0) is 19.1 Å². The van der Waals surface area contributed by atoms with E-state index in [1.165, 1.54) is 0 Å². The molecule has 0 spiro atoms. The molecule has 0 amide bonds. The summed E-state index contributed by atoms with van der Waals surface area (Å²) < 4.78 is 4.21. The molecule has 0 aromatic heterocycles. The lowest BCUT2D eigenvalue weighted by Gasteiger charge is -2.12. The zero-order valence-electron chi connectivity index (χ0n) is 7.34. The molecule has 0 fully saturated rings. The van der Waals surface area contributed by atoms with E-state index < -0.39 is 36.5 Å². The number of hydrogen-bond donors (Lipinski definition) is 3. The van der Waals surface area contributed by atoms with Crippen LogP contribution in [0.5, 0.6) is 0 Å². The molecule has 3 N–H and O–H groups in total. The Morgan fingerprint density at radius 2 is 1.79 bits per heavy atom. The normalized spacial score (nSPS) is 14.1. The van der Waals surface area contributed by atoms with Crippen LogP contribution in [0.15, 0.2) is 0 Å². The summed E-state index contributed by atoms with van der Waals surface area (Å²) in [6.07, 6.45) is -4.09. The summed E-state index contributed by atoms with van der Waals surface area (Å²) in [7, 11) is 0. The van der Waals surface area contributed by atoms with Crippen LogP contribution in [-0.4, -0.2) is 45.4 Å². The molecule has 0 heterocycles. The molecule has 0 aliphatic rings. The molecule has 0 aromatic rings. The van der Waals surface area contributed by atoms with Gasteiger partial charge in [-0.2, -0.15) is 0 Å². The number of aliphatic carboxylic acids is 2. The second-order valence-corrected chi connectivity index (χ2v) is 2.54. The fourth-order valence-corrected chi connectivity index (χ4v) is 0.577. The van der Waals surface area contributed by atoms with Gasteiger partial charge in [0.15, 0.2) is 0 Å². The van der Waals surface area contributed by atoms with Crippen LogP contribution in [0, 0.1) is 0 Å². The summed E-state index contributed by atoms with van der Waals surface area (Å²) in [6.45, 7) is 1.09. The number of carboxylic acids is 2. The second kappa shape index (κ2) is 5.18. The maximum Gasteiger partial charge on any atom is 0.345 e. The minimum absolute atomic E-state index is 0.839. The second-order valence-electron chi connectivity index (χ2n) is 2.54. The first kappa shape index (κ1) is 12.4. The largest absolute Gasteiger partial charge is 0.481 e. The van der Waals surface area contributed by atoms with Crippen LogP contribution in [0.4, 0.5) is 0 Å². The highest BCUT2D eigenvalue weighted by Gasteiger charge is 2.26. The predicted molar refractivity (Wildman–Crippen MR) is 41.4 cm³/mol. The summed E-state index contributed by atoms with van der Waals surface area (Å²) in [5, 5.41) is 25.4. The number of ether oxygens (including phenoxy) is 1. The van der Waals surface area contributed by atoms with Crippen molar-refractivity contribution < 1.29 is 34.4 Å². The molecule has 0 saturated carbocycles. The van der Waals surface area contributed by atoms with Gasteiger partial charge in [0.25, 0.3) is 0 Å². The maximum atomic E-state index is 10.7. The minimum atomic E-state index is -1.77. The number of carbonyl (C=O) groups is 3. The van der Waals surface area contributed by atoms with Crippen LogP contribution in [0.2, 0.25) is 0 Å². The zero-order chi connectivity index (χ0) is 11.3. The zero-order valence-corrected chi connectivity index (χ0v) is 7.34. The fraction of sp³-hybridized carbons (Fsp3) is 0.571. The van der Waals surface area contributed by atoms with E-state index in [9.17, 15) is 14.4 Å². The van der Waals surface area contributed by atoms with E-state index in [-0.39, 0.29) is 0 Å². The lowest BCUT2D eigenvalue weighted by atomic mass is 10.2. The first-order valence-corrected chi connectivity index (χ1v) is 3.67. The summed E-state index contributed by atoms with van der Waals surface area (Å²) in [6, 6.07) is 0. The van der Waals surface area contributed by atoms with Crippen LogP contribution in [0.3, 0.4) is 0 Å². The first-order chi connectivity index (χ1) is 6.34. The molecule has 0 rings (SSSR count). The van der Waals surface area contributed by atoms with Gasteiger partial charge in [-0.3, -0.25) is 4.79 Å². The van der Waals surface area contributed by atoms with E-state index in [0.29, 0.717) is 0 Å². The van der Waals surface area contributed by atoms with E-state index in [0.717, 1.165) is 6.92 Å². The number of hydrogen-bond acceptors (Lipinski definition) is 5. The topological polar surface area (TPSA) is 121 Å². The maximum absolute atomic E-state index is 10.7. The number of esters is 1. The van der Waals surface area contributed by atoms with Crippen molar-refractivity contribution in [3.05, 3.63) is 0 Å². The Morgan fingerprint density at radius 1 is 1.29 bits per heavy atom. The molecule has 7 heteroatoms. The molecule has 0 aliphatic heterocycles. The smallest absolute Gasteiger partial charge is 0.345 e. The van der Waals surface area contributed by atoms with Crippen molar-refractivity contribution in [1.29, 1.82) is 0 Å². The molecule has 7 nitrogen and oxygen atoms in total. The van der Waals surface area contributed by atoms with Gasteiger partial charge < -0.3 is 20.1 Å². The molecule has 14 heavy (non-hydrogen) atoms. The van der Waals surface area contributed by atoms with Crippen LogP contribution in [0.25, 0.3) is 0 Å². The molecule has 2 atom stereocenters. The van der Waals surface area contributed by atoms with Crippen molar-refractivity contribution in [3.63, 3.8) is 0 Å². The monoisotopic (exact) mass is 206 g/mol. The predicted octanol–water partition coefficient (Wildman–Crippen LogP) is -1.16. The average molecular weight is 206 g/mol. The molecule has 0 aliphatic carbocycles. The molecule has 0 bridgehead atoms. The Labute approximate surface area is 78.9 Å². The van der Waals surface area contributed by atoms with Gasteiger partial charge in [-0.15, -0.1) is 0 Å². The Kier molecular flexibility index (Phi) is 4.57.